The van der Waals surface area contributed by atoms with Gasteiger partial charge in [-0.25, -0.2) is 8.42 Å². The van der Waals surface area contributed by atoms with E-state index in [0.717, 1.165) is 42.3 Å². The first-order valence-electron chi connectivity index (χ1n) is 10.7. The van der Waals surface area contributed by atoms with Crippen LogP contribution in [0.3, 0.4) is 0 Å². The molecule has 0 unspecified atom stereocenters. The Morgan fingerprint density at radius 2 is 1.76 bits per heavy atom. The van der Waals surface area contributed by atoms with E-state index < -0.39 is 9.84 Å². The van der Waals surface area contributed by atoms with Gasteiger partial charge in [-0.05, 0) is 51.0 Å². The number of aryl methyl sites for hydroxylation is 2. The van der Waals surface area contributed by atoms with Crippen molar-refractivity contribution in [3.63, 3.8) is 0 Å². The Bertz CT molecular complexity index is 1210. The van der Waals surface area contributed by atoms with Crippen molar-refractivity contribution < 1.29 is 22.4 Å². The van der Waals surface area contributed by atoms with Crippen LogP contribution in [-0.2, 0) is 19.4 Å². The summed E-state index contributed by atoms with van der Waals surface area (Å²) in [5.41, 5.74) is 2.68. The van der Waals surface area contributed by atoms with E-state index >= 15 is 0 Å². The number of hydrogen-bond donors (Lipinski definition) is 1. The molecule has 4 rings (SSSR count). The molecule has 1 saturated heterocycles. The second kappa shape index (κ2) is 10.1. The Kier molecular flexibility index (Phi) is 7.21. The number of nitrogens with one attached hydrogen (secondary N) is 1. The lowest BCUT2D eigenvalue weighted by molar-refractivity contribution is -0.119. The summed E-state index contributed by atoms with van der Waals surface area (Å²) in [6.45, 7) is 5.01. The van der Waals surface area contributed by atoms with E-state index in [1.165, 1.54) is 0 Å². The van der Waals surface area contributed by atoms with Gasteiger partial charge in [-0.15, -0.1) is 0 Å². The zero-order chi connectivity index (χ0) is 23.4. The number of thioether (sulfide) groups is 1. The molecule has 0 aliphatic carbocycles. The van der Waals surface area contributed by atoms with Crippen LogP contribution in [0.15, 0.2) is 68.0 Å². The molecule has 0 saturated carbocycles. The fourth-order valence-electron chi connectivity index (χ4n) is 3.42. The zero-order valence-electron chi connectivity index (χ0n) is 18.5. The minimum Gasteiger partial charge on any atom is -0.428 e. The van der Waals surface area contributed by atoms with Crippen molar-refractivity contribution in [2.24, 2.45) is 0 Å². The minimum absolute atomic E-state index is 0.00562. The third-order valence-corrected chi connectivity index (χ3v) is 8.09. The number of aromatic nitrogens is 1. The lowest BCUT2D eigenvalue weighted by Crippen LogP contribution is -2.32. The summed E-state index contributed by atoms with van der Waals surface area (Å²) >= 11 is 1.02. The van der Waals surface area contributed by atoms with Crippen molar-refractivity contribution in [3.8, 4) is 11.5 Å². The third-order valence-electron chi connectivity index (χ3n) is 5.34. The summed E-state index contributed by atoms with van der Waals surface area (Å²) < 4.78 is 38.1. The lowest BCUT2D eigenvalue weighted by atomic mass is 10.1. The Labute approximate surface area is 197 Å². The third kappa shape index (κ3) is 5.66. The number of carbonyl (C=O) groups excluding carboxylic acids is 1. The Hall–Kier alpha value is -2.62. The van der Waals surface area contributed by atoms with Gasteiger partial charge in [0, 0.05) is 18.7 Å². The van der Waals surface area contributed by atoms with Crippen LogP contribution in [-0.4, -0.2) is 44.3 Å². The first kappa shape index (κ1) is 23.5. The quantitative estimate of drug-likeness (QED) is 0.477. The van der Waals surface area contributed by atoms with Crippen molar-refractivity contribution in [1.82, 2.24) is 10.3 Å². The van der Waals surface area contributed by atoms with Crippen molar-refractivity contribution in [2.45, 2.75) is 47.8 Å². The first-order valence-corrected chi connectivity index (χ1v) is 13.2. The highest BCUT2D eigenvalue weighted by Crippen LogP contribution is 2.35. The van der Waals surface area contributed by atoms with Gasteiger partial charge in [-0.3, -0.25) is 4.79 Å². The average molecular weight is 487 g/mol. The van der Waals surface area contributed by atoms with E-state index in [4.69, 9.17) is 9.15 Å². The maximum absolute atomic E-state index is 13.4. The Morgan fingerprint density at radius 1 is 1.09 bits per heavy atom. The first-order chi connectivity index (χ1) is 15.8. The van der Waals surface area contributed by atoms with Gasteiger partial charge in [0.1, 0.15) is 0 Å². The number of sulfone groups is 1. The predicted molar refractivity (Wildman–Crippen MR) is 126 cm³/mol. The molecular formula is C24H26N2O5S2. The SMILES string of the molecule is Cc1ccc(-c2nc(S(=O)(=O)c3ccc(C)cc3)c(SCC(=O)NC[C@@H]3CCCO3)o2)cc1. The highest BCUT2D eigenvalue weighted by Gasteiger charge is 2.29. The highest BCUT2D eigenvalue weighted by molar-refractivity contribution is 8.00. The van der Waals surface area contributed by atoms with Crippen LogP contribution in [0.5, 0.6) is 0 Å². The van der Waals surface area contributed by atoms with Gasteiger partial charge in [-0.2, -0.15) is 4.98 Å². The van der Waals surface area contributed by atoms with Crippen molar-refractivity contribution >= 4 is 27.5 Å². The average Bonchev–Trinajstić information content (AvgIpc) is 3.47. The minimum atomic E-state index is -3.93. The number of oxazole rings is 1. The molecule has 1 aliphatic rings. The number of rotatable bonds is 8. The molecule has 1 amide bonds. The lowest BCUT2D eigenvalue weighted by Gasteiger charge is -2.10. The van der Waals surface area contributed by atoms with Crippen LogP contribution < -0.4 is 5.32 Å². The van der Waals surface area contributed by atoms with Crippen LogP contribution in [0.4, 0.5) is 0 Å². The molecule has 9 heteroatoms. The van der Waals surface area contributed by atoms with Crippen LogP contribution in [0.25, 0.3) is 11.5 Å². The van der Waals surface area contributed by atoms with E-state index in [0.29, 0.717) is 12.1 Å². The molecule has 0 bridgehead atoms. The van der Waals surface area contributed by atoms with Crippen molar-refractivity contribution in [3.05, 3.63) is 59.7 Å². The summed E-state index contributed by atoms with van der Waals surface area (Å²) in [5, 5.41) is 2.75. The molecule has 1 fully saturated rings. The number of ether oxygens (including phenoxy) is 1. The van der Waals surface area contributed by atoms with E-state index in [1.54, 1.807) is 24.3 Å². The summed E-state index contributed by atoms with van der Waals surface area (Å²) in [6, 6.07) is 14.0. The number of amides is 1. The fraction of sp³-hybridized carbons (Fsp3) is 0.333. The summed E-state index contributed by atoms with van der Waals surface area (Å²) in [6.07, 6.45) is 1.96. The monoisotopic (exact) mass is 486 g/mol. The number of hydrogen-bond acceptors (Lipinski definition) is 7. The van der Waals surface area contributed by atoms with Gasteiger partial charge in [0.05, 0.1) is 16.8 Å². The molecule has 1 aromatic heterocycles. The molecule has 174 valence electrons. The Balaban J connectivity index is 1.59. The highest BCUT2D eigenvalue weighted by atomic mass is 32.2. The van der Waals surface area contributed by atoms with Gasteiger partial charge >= 0.3 is 0 Å². The maximum Gasteiger partial charge on any atom is 0.230 e. The number of benzene rings is 2. The van der Waals surface area contributed by atoms with Crippen LogP contribution in [0.1, 0.15) is 24.0 Å². The zero-order valence-corrected chi connectivity index (χ0v) is 20.2. The molecule has 0 spiro atoms. The fourth-order valence-corrected chi connectivity index (χ4v) is 5.78. The van der Waals surface area contributed by atoms with Gasteiger partial charge < -0.3 is 14.5 Å². The molecule has 33 heavy (non-hydrogen) atoms. The standard InChI is InChI=1S/C24H26N2O5S2/c1-16-5-9-18(10-6-16)22-26-23(33(28,29)20-11-7-17(2)8-12-20)24(31-22)32-15-21(27)25-14-19-4-3-13-30-19/h5-12,19H,3-4,13-15H2,1-2H3,(H,25,27)/t19-/m0/s1. The van der Waals surface area contributed by atoms with E-state index in [9.17, 15) is 13.2 Å². The molecule has 2 aromatic carbocycles. The second-order valence-electron chi connectivity index (χ2n) is 8.02. The summed E-state index contributed by atoms with van der Waals surface area (Å²) in [7, 11) is -3.93. The molecule has 2 heterocycles. The van der Waals surface area contributed by atoms with E-state index in [2.05, 4.69) is 10.3 Å². The maximum atomic E-state index is 13.4. The second-order valence-corrected chi connectivity index (χ2v) is 10.8. The topological polar surface area (TPSA) is 98.5 Å². The van der Waals surface area contributed by atoms with Crippen LogP contribution >= 0.6 is 11.8 Å². The van der Waals surface area contributed by atoms with Crippen molar-refractivity contribution in [2.75, 3.05) is 18.9 Å². The normalized spacial score (nSPS) is 16.1. The molecule has 1 atom stereocenters. The molecule has 7 nitrogen and oxygen atoms in total. The molecule has 1 aliphatic heterocycles. The molecule has 3 aromatic rings. The largest absolute Gasteiger partial charge is 0.428 e. The van der Waals surface area contributed by atoms with Crippen LogP contribution in [0, 0.1) is 13.8 Å². The van der Waals surface area contributed by atoms with Crippen LogP contribution in [0.2, 0.25) is 0 Å². The van der Waals surface area contributed by atoms with E-state index in [-0.39, 0.29) is 38.7 Å². The number of nitrogens with zero attached hydrogens (tertiary/aromatic N) is 1. The van der Waals surface area contributed by atoms with E-state index in [1.807, 2.05) is 38.1 Å². The number of carbonyl (C=O) groups is 1. The molecule has 0 radical (unpaired) electrons. The van der Waals surface area contributed by atoms with Gasteiger partial charge in [0.15, 0.2) is 0 Å². The van der Waals surface area contributed by atoms with Gasteiger partial charge in [0.2, 0.25) is 31.8 Å². The Morgan fingerprint density at radius 3 is 2.39 bits per heavy atom. The summed E-state index contributed by atoms with van der Waals surface area (Å²) in [5.74, 6) is -0.0171. The summed E-state index contributed by atoms with van der Waals surface area (Å²) in [4.78, 5) is 16.8. The van der Waals surface area contributed by atoms with Gasteiger partial charge in [-0.1, -0.05) is 47.2 Å². The van der Waals surface area contributed by atoms with Gasteiger partial charge in [0.25, 0.3) is 0 Å². The predicted octanol–water partition coefficient (Wildman–Crippen LogP) is 4.18. The molecule has 1 N–H and O–H groups in total. The molecular weight excluding hydrogens is 460 g/mol. The smallest absolute Gasteiger partial charge is 0.230 e. The van der Waals surface area contributed by atoms with Crippen molar-refractivity contribution in [1.29, 1.82) is 0 Å².